The van der Waals surface area contributed by atoms with Crippen LogP contribution in [0.4, 0.5) is 0 Å². The van der Waals surface area contributed by atoms with E-state index in [4.69, 9.17) is 0 Å². The summed E-state index contributed by atoms with van der Waals surface area (Å²) in [6.45, 7) is 6.55. The third-order valence-corrected chi connectivity index (χ3v) is 3.97. The second-order valence-electron chi connectivity index (χ2n) is 5.67. The molecule has 0 bridgehead atoms. The quantitative estimate of drug-likeness (QED) is 0.802. The number of carbonyl (C=O) groups is 1. The van der Waals surface area contributed by atoms with Crippen LogP contribution in [0.3, 0.4) is 0 Å². The van der Waals surface area contributed by atoms with Gasteiger partial charge in [-0.2, -0.15) is 0 Å². The molecular formula is C15H19NOS. The average Bonchev–Trinajstić information content (AvgIpc) is 2.70. The van der Waals surface area contributed by atoms with Crippen molar-refractivity contribution in [3.05, 3.63) is 35.2 Å². The van der Waals surface area contributed by atoms with E-state index in [9.17, 15) is 4.79 Å². The molecule has 0 fully saturated rings. The van der Waals surface area contributed by atoms with Gasteiger partial charge >= 0.3 is 0 Å². The van der Waals surface area contributed by atoms with Gasteiger partial charge in [0.1, 0.15) is 0 Å². The highest BCUT2D eigenvalue weighted by molar-refractivity contribution is 7.17. The Morgan fingerprint density at radius 3 is 2.61 bits per heavy atom. The zero-order valence-corrected chi connectivity index (χ0v) is 12.2. The number of thiophene rings is 1. The maximum Gasteiger partial charge on any atom is 0.227 e. The minimum atomic E-state index is -0.319. The Balaban J connectivity index is 2.22. The van der Waals surface area contributed by atoms with Gasteiger partial charge in [-0.3, -0.25) is 4.79 Å². The molecule has 0 atom stereocenters. The van der Waals surface area contributed by atoms with Crippen LogP contribution in [0, 0.1) is 5.41 Å². The fourth-order valence-corrected chi connectivity index (χ4v) is 3.01. The van der Waals surface area contributed by atoms with E-state index in [-0.39, 0.29) is 11.3 Å². The summed E-state index contributed by atoms with van der Waals surface area (Å²) in [6, 6.07) is 8.34. The molecule has 3 heteroatoms. The molecule has 0 saturated heterocycles. The molecule has 96 valence electrons. The molecule has 2 nitrogen and oxygen atoms in total. The van der Waals surface area contributed by atoms with E-state index in [2.05, 4.69) is 17.5 Å². The maximum absolute atomic E-state index is 12.2. The molecule has 1 aromatic carbocycles. The first-order chi connectivity index (χ1) is 8.39. The molecular weight excluding hydrogens is 242 g/mol. The monoisotopic (exact) mass is 261 g/mol. The van der Waals surface area contributed by atoms with Crippen LogP contribution in [-0.2, 0) is 11.3 Å². The van der Waals surface area contributed by atoms with Crippen molar-refractivity contribution in [1.29, 1.82) is 0 Å². The Bertz CT molecular complexity index is 565. The van der Waals surface area contributed by atoms with Gasteiger partial charge in [-0.05, 0) is 22.4 Å². The van der Waals surface area contributed by atoms with Gasteiger partial charge in [0.15, 0.2) is 0 Å². The van der Waals surface area contributed by atoms with Crippen LogP contribution in [0.25, 0.3) is 10.1 Å². The van der Waals surface area contributed by atoms with Crippen molar-refractivity contribution in [2.24, 2.45) is 5.41 Å². The molecule has 1 heterocycles. The molecule has 0 N–H and O–H groups in total. The fourth-order valence-electron chi connectivity index (χ4n) is 2.06. The lowest BCUT2D eigenvalue weighted by Crippen LogP contribution is -2.36. The molecule has 1 amide bonds. The third-order valence-electron chi connectivity index (χ3n) is 2.96. The Kier molecular flexibility index (Phi) is 3.44. The van der Waals surface area contributed by atoms with Crippen molar-refractivity contribution >= 4 is 27.3 Å². The van der Waals surface area contributed by atoms with E-state index in [0.29, 0.717) is 6.54 Å². The van der Waals surface area contributed by atoms with Gasteiger partial charge in [-0.1, -0.05) is 39.0 Å². The summed E-state index contributed by atoms with van der Waals surface area (Å²) in [4.78, 5) is 14.0. The topological polar surface area (TPSA) is 20.3 Å². The van der Waals surface area contributed by atoms with Gasteiger partial charge in [-0.15, -0.1) is 11.3 Å². The fraction of sp³-hybridized carbons (Fsp3) is 0.400. The van der Waals surface area contributed by atoms with Gasteiger partial charge in [-0.25, -0.2) is 0 Å². The van der Waals surface area contributed by atoms with Crippen molar-refractivity contribution in [2.75, 3.05) is 7.05 Å². The summed E-state index contributed by atoms with van der Waals surface area (Å²) >= 11 is 1.74. The Labute approximate surface area is 112 Å². The molecule has 0 aliphatic rings. The number of benzene rings is 1. The van der Waals surface area contributed by atoms with Crippen molar-refractivity contribution in [2.45, 2.75) is 27.3 Å². The number of hydrogen-bond donors (Lipinski definition) is 0. The minimum Gasteiger partial charge on any atom is -0.341 e. The molecule has 0 radical (unpaired) electrons. The highest BCUT2D eigenvalue weighted by Crippen LogP contribution is 2.27. The van der Waals surface area contributed by atoms with Crippen molar-refractivity contribution < 1.29 is 4.79 Å². The van der Waals surface area contributed by atoms with E-state index in [1.165, 1.54) is 15.6 Å². The summed E-state index contributed by atoms with van der Waals surface area (Å²) in [6.07, 6.45) is 0. The van der Waals surface area contributed by atoms with Crippen molar-refractivity contribution in [3.8, 4) is 0 Å². The van der Waals surface area contributed by atoms with Gasteiger partial charge in [0.2, 0.25) is 5.91 Å². The summed E-state index contributed by atoms with van der Waals surface area (Å²) in [5.41, 5.74) is 0.913. The molecule has 0 aliphatic carbocycles. The smallest absolute Gasteiger partial charge is 0.227 e. The lowest BCUT2D eigenvalue weighted by atomic mass is 9.95. The number of rotatable bonds is 2. The summed E-state index contributed by atoms with van der Waals surface area (Å²) in [5, 5.41) is 3.41. The maximum atomic E-state index is 12.2. The number of hydrogen-bond acceptors (Lipinski definition) is 2. The number of carbonyl (C=O) groups excluding carboxylic acids is 1. The number of nitrogens with zero attached hydrogens (tertiary/aromatic N) is 1. The van der Waals surface area contributed by atoms with Crippen LogP contribution in [0.15, 0.2) is 29.6 Å². The standard InChI is InChI=1S/C15H19NOS/c1-15(2,3)14(17)16(4)9-11-10-18-13-8-6-5-7-12(11)13/h5-8,10H,9H2,1-4H3. The predicted octanol–water partition coefficient (Wildman–Crippen LogP) is 3.91. The lowest BCUT2D eigenvalue weighted by molar-refractivity contribution is -0.138. The molecule has 0 unspecified atom stereocenters. The summed E-state index contributed by atoms with van der Waals surface area (Å²) < 4.78 is 1.28. The van der Waals surface area contributed by atoms with E-state index >= 15 is 0 Å². The second-order valence-corrected chi connectivity index (χ2v) is 6.58. The van der Waals surface area contributed by atoms with Crippen LogP contribution in [0.5, 0.6) is 0 Å². The molecule has 2 rings (SSSR count). The summed E-state index contributed by atoms with van der Waals surface area (Å²) in [5.74, 6) is 0.179. The highest BCUT2D eigenvalue weighted by Gasteiger charge is 2.25. The first kappa shape index (κ1) is 13.1. The SMILES string of the molecule is CN(Cc1csc2ccccc12)C(=O)C(C)(C)C. The molecule has 18 heavy (non-hydrogen) atoms. The third kappa shape index (κ3) is 2.56. The largest absolute Gasteiger partial charge is 0.341 e. The van der Waals surface area contributed by atoms with Crippen molar-refractivity contribution in [3.63, 3.8) is 0 Å². The van der Waals surface area contributed by atoms with Crippen LogP contribution in [-0.4, -0.2) is 17.9 Å². The minimum absolute atomic E-state index is 0.179. The molecule has 0 saturated carbocycles. The molecule has 0 spiro atoms. The van der Waals surface area contributed by atoms with Gasteiger partial charge in [0.05, 0.1) is 0 Å². The second kappa shape index (κ2) is 4.73. The van der Waals surface area contributed by atoms with E-state index < -0.39 is 0 Å². The summed E-state index contributed by atoms with van der Waals surface area (Å²) in [7, 11) is 1.88. The number of amides is 1. The predicted molar refractivity (Wildman–Crippen MR) is 77.8 cm³/mol. The normalized spacial score (nSPS) is 11.8. The molecule has 0 aliphatic heterocycles. The van der Waals surface area contributed by atoms with Gasteiger partial charge in [0.25, 0.3) is 0 Å². The first-order valence-corrected chi connectivity index (χ1v) is 6.98. The Morgan fingerprint density at radius 1 is 1.28 bits per heavy atom. The van der Waals surface area contributed by atoms with Crippen LogP contribution >= 0.6 is 11.3 Å². The average molecular weight is 261 g/mol. The molecule has 2 aromatic rings. The van der Waals surface area contributed by atoms with Gasteiger partial charge in [0, 0.05) is 23.7 Å². The van der Waals surface area contributed by atoms with E-state index in [1.807, 2.05) is 44.9 Å². The van der Waals surface area contributed by atoms with E-state index in [0.717, 1.165) is 0 Å². The number of fused-ring (bicyclic) bond motifs is 1. The van der Waals surface area contributed by atoms with Crippen LogP contribution in [0.2, 0.25) is 0 Å². The molecule has 1 aromatic heterocycles. The zero-order chi connectivity index (χ0) is 13.3. The lowest BCUT2D eigenvalue weighted by Gasteiger charge is -2.25. The Morgan fingerprint density at radius 2 is 1.94 bits per heavy atom. The van der Waals surface area contributed by atoms with Crippen molar-refractivity contribution in [1.82, 2.24) is 4.90 Å². The van der Waals surface area contributed by atoms with Crippen LogP contribution < -0.4 is 0 Å². The van der Waals surface area contributed by atoms with Crippen LogP contribution in [0.1, 0.15) is 26.3 Å². The first-order valence-electron chi connectivity index (χ1n) is 6.10. The van der Waals surface area contributed by atoms with Gasteiger partial charge < -0.3 is 4.90 Å². The zero-order valence-electron chi connectivity index (χ0n) is 11.4. The van der Waals surface area contributed by atoms with E-state index in [1.54, 1.807) is 11.3 Å². The highest BCUT2D eigenvalue weighted by atomic mass is 32.1. The Hall–Kier alpha value is -1.35.